The topological polar surface area (TPSA) is 127 Å². The second-order valence-corrected chi connectivity index (χ2v) is 8.68. The Labute approximate surface area is 203 Å². The standard InChI is InChI=1S/C26H27N3O6/c1-28-24(31)18-11-19-23(12-22(18)33-2)35-9-7-26(19)13-20(26)25(32)29-21-10-16(14-27)5-6-17(21)4-3-8-34-15-30/h5-6,10-12,15,20H,3-4,7-9,13H2,1-2H3,(H,28,31)(H,29,32). The average molecular weight is 478 g/mol. The average Bonchev–Trinajstić information content (AvgIpc) is 3.60. The van der Waals surface area contributed by atoms with Gasteiger partial charge in [0.25, 0.3) is 12.4 Å². The predicted molar refractivity (Wildman–Crippen MR) is 126 cm³/mol. The predicted octanol–water partition coefficient (Wildman–Crippen LogP) is 2.71. The van der Waals surface area contributed by atoms with Gasteiger partial charge in [-0.25, -0.2) is 0 Å². The maximum absolute atomic E-state index is 13.4. The molecule has 0 saturated heterocycles. The molecule has 9 heteroatoms. The highest BCUT2D eigenvalue weighted by molar-refractivity contribution is 5.99. The van der Waals surface area contributed by atoms with Crippen molar-refractivity contribution in [2.75, 3.05) is 32.7 Å². The van der Waals surface area contributed by atoms with Gasteiger partial charge in [-0.15, -0.1) is 0 Å². The molecule has 0 radical (unpaired) electrons. The highest BCUT2D eigenvalue weighted by Gasteiger charge is 2.61. The smallest absolute Gasteiger partial charge is 0.293 e. The Morgan fingerprint density at radius 2 is 2.14 bits per heavy atom. The van der Waals surface area contributed by atoms with Crippen LogP contribution in [0.4, 0.5) is 5.69 Å². The molecule has 2 unspecified atom stereocenters. The zero-order valence-electron chi connectivity index (χ0n) is 19.7. The van der Waals surface area contributed by atoms with E-state index in [1.165, 1.54) is 7.11 Å². The highest BCUT2D eigenvalue weighted by Crippen LogP contribution is 2.61. The number of carbonyl (C=O) groups is 3. The van der Waals surface area contributed by atoms with Crippen molar-refractivity contribution in [2.45, 2.75) is 31.1 Å². The Kier molecular flexibility index (Phi) is 6.92. The van der Waals surface area contributed by atoms with Gasteiger partial charge < -0.3 is 24.8 Å². The third-order valence-corrected chi connectivity index (χ3v) is 6.78. The van der Waals surface area contributed by atoms with Crippen LogP contribution in [0.25, 0.3) is 0 Å². The van der Waals surface area contributed by atoms with Gasteiger partial charge in [-0.05, 0) is 49.4 Å². The zero-order valence-corrected chi connectivity index (χ0v) is 19.7. The minimum Gasteiger partial charge on any atom is -0.496 e. The van der Waals surface area contributed by atoms with Gasteiger partial charge in [-0.3, -0.25) is 14.4 Å². The fraction of sp³-hybridized carbons (Fsp3) is 0.385. The lowest BCUT2D eigenvalue weighted by molar-refractivity contribution is -0.128. The molecule has 1 aliphatic carbocycles. The molecule has 1 fully saturated rings. The summed E-state index contributed by atoms with van der Waals surface area (Å²) < 4.78 is 16.0. The summed E-state index contributed by atoms with van der Waals surface area (Å²) in [5, 5.41) is 15.0. The maximum atomic E-state index is 13.4. The van der Waals surface area contributed by atoms with Gasteiger partial charge in [0.2, 0.25) is 5.91 Å². The summed E-state index contributed by atoms with van der Waals surface area (Å²) in [4.78, 5) is 36.2. The van der Waals surface area contributed by atoms with Crippen molar-refractivity contribution < 1.29 is 28.6 Å². The first kappa shape index (κ1) is 24.1. The van der Waals surface area contributed by atoms with Crippen LogP contribution >= 0.6 is 0 Å². The lowest BCUT2D eigenvalue weighted by Crippen LogP contribution is -2.28. The van der Waals surface area contributed by atoms with Crippen molar-refractivity contribution in [2.24, 2.45) is 5.92 Å². The van der Waals surface area contributed by atoms with Crippen LogP contribution in [0.15, 0.2) is 30.3 Å². The Hall–Kier alpha value is -4.06. The van der Waals surface area contributed by atoms with Crippen molar-refractivity contribution in [3.05, 3.63) is 52.6 Å². The van der Waals surface area contributed by atoms with E-state index in [2.05, 4.69) is 16.7 Å². The van der Waals surface area contributed by atoms with Crippen molar-refractivity contribution in [3.8, 4) is 17.6 Å². The fourth-order valence-corrected chi connectivity index (χ4v) is 4.85. The molecule has 0 aromatic heterocycles. The molecule has 4 rings (SSSR count). The number of aryl methyl sites for hydroxylation is 1. The van der Waals surface area contributed by atoms with Crippen LogP contribution in [0.1, 0.15) is 46.3 Å². The van der Waals surface area contributed by atoms with Crippen LogP contribution in [-0.4, -0.2) is 45.7 Å². The number of hydrogen-bond acceptors (Lipinski definition) is 7. The molecule has 2 amide bonds. The number of hydrogen-bond donors (Lipinski definition) is 2. The van der Waals surface area contributed by atoms with Crippen molar-refractivity contribution in [3.63, 3.8) is 0 Å². The second kappa shape index (κ2) is 10.1. The molecule has 9 nitrogen and oxygen atoms in total. The summed E-state index contributed by atoms with van der Waals surface area (Å²) in [6.07, 6.45) is 2.47. The Balaban J connectivity index is 1.58. The number of rotatable bonds is 9. The molecule has 1 spiro atoms. The summed E-state index contributed by atoms with van der Waals surface area (Å²) in [5.41, 5.74) is 2.69. The molecule has 1 saturated carbocycles. The first-order valence-electron chi connectivity index (χ1n) is 11.4. The third-order valence-electron chi connectivity index (χ3n) is 6.78. The number of carbonyl (C=O) groups excluding carboxylic acids is 3. The van der Waals surface area contributed by atoms with E-state index in [1.807, 2.05) is 6.07 Å². The number of nitrogens with one attached hydrogen (secondary N) is 2. The normalized spacial score (nSPS) is 19.5. The molecule has 0 bridgehead atoms. The second-order valence-electron chi connectivity index (χ2n) is 8.68. The molecule has 2 N–H and O–H groups in total. The third kappa shape index (κ3) is 4.64. The zero-order chi connectivity index (χ0) is 25.0. The van der Waals surface area contributed by atoms with Crippen LogP contribution in [0.2, 0.25) is 0 Å². The Bertz CT molecular complexity index is 1200. The number of nitriles is 1. The van der Waals surface area contributed by atoms with E-state index in [0.717, 1.165) is 11.1 Å². The lowest BCUT2D eigenvalue weighted by atomic mass is 9.86. The van der Waals surface area contributed by atoms with E-state index in [-0.39, 0.29) is 24.3 Å². The van der Waals surface area contributed by atoms with E-state index in [1.54, 1.807) is 31.3 Å². The summed E-state index contributed by atoms with van der Waals surface area (Å²) in [5.74, 6) is 0.323. The van der Waals surface area contributed by atoms with Gasteiger partial charge in [-0.1, -0.05) is 6.07 Å². The van der Waals surface area contributed by atoms with E-state index >= 15 is 0 Å². The SMILES string of the molecule is CNC(=O)c1cc2c(cc1OC)OCCC21CC1C(=O)Nc1cc(C#N)ccc1CCCOC=O. The van der Waals surface area contributed by atoms with Gasteiger partial charge in [0, 0.05) is 35.7 Å². The van der Waals surface area contributed by atoms with E-state index in [0.29, 0.717) is 67.1 Å². The van der Waals surface area contributed by atoms with Crippen LogP contribution in [0, 0.1) is 17.2 Å². The van der Waals surface area contributed by atoms with Gasteiger partial charge in [-0.2, -0.15) is 5.26 Å². The van der Waals surface area contributed by atoms with Crippen LogP contribution in [-0.2, 0) is 26.2 Å². The fourth-order valence-electron chi connectivity index (χ4n) is 4.85. The van der Waals surface area contributed by atoms with Gasteiger partial charge in [0.15, 0.2) is 0 Å². The monoisotopic (exact) mass is 477 g/mol. The van der Waals surface area contributed by atoms with E-state index < -0.39 is 5.41 Å². The molecule has 182 valence electrons. The van der Waals surface area contributed by atoms with E-state index in [4.69, 9.17) is 14.2 Å². The van der Waals surface area contributed by atoms with Crippen LogP contribution in [0.3, 0.4) is 0 Å². The largest absolute Gasteiger partial charge is 0.496 e. The van der Waals surface area contributed by atoms with Gasteiger partial charge >= 0.3 is 0 Å². The lowest BCUT2D eigenvalue weighted by Gasteiger charge is -2.28. The first-order chi connectivity index (χ1) is 17.0. The molecule has 2 aliphatic rings. The molecule has 35 heavy (non-hydrogen) atoms. The molecule has 2 aromatic carbocycles. The van der Waals surface area contributed by atoms with Crippen LogP contribution < -0.4 is 20.1 Å². The number of benzene rings is 2. The number of anilines is 1. The summed E-state index contributed by atoms with van der Waals surface area (Å²) in [6.45, 7) is 1.15. The molecular formula is C26H27N3O6. The van der Waals surface area contributed by atoms with Gasteiger partial charge in [0.05, 0.1) is 37.5 Å². The van der Waals surface area contributed by atoms with Crippen molar-refractivity contribution in [1.82, 2.24) is 5.32 Å². The minimum atomic E-state index is -0.419. The summed E-state index contributed by atoms with van der Waals surface area (Å²) >= 11 is 0. The van der Waals surface area contributed by atoms with Gasteiger partial charge in [0.1, 0.15) is 11.5 Å². The molecular weight excluding hydrogens is 450 g/mol. The maximum Gasteiger partial charge on any atom is 0.293 e. The van der Waals surface area contributed by atoms with Crippen molar-refractivity contribution in [1.29, 1.82) is 5.26 Å². The number of methoxy groups -OCH3 is 1. The number of ether oxygens (including phenoxy) is 3. The van der Waals surface area contributed by atoms with E-state index in [9.17, 15) is 19.6 Å². The quantitative estimate of drug-likeness (QED) is 0.420. The number of nitrogens with zero attached hydrogens (tertiary/aromatic N) is 1. The first-order valence-corrected chi connectivity index (χ1v) is 11.4. The molecule has 2 aromatic rings. The number of amides is 2. The minimum absolute atomic E-state index is 0.143. The molecule has 1 aliphatic heterocycles. The summed E-state index contributed by atoms with van der Waals surface area (Å²) in [6, 6.07) is 10.8. The van der Waals surface area contributed by atoms with Crippen LogP contribution in [0.5, 0.6) is 11.5 Å². The Morgan fingerprint density at radius 3 is 2.86 bits per heavy atom. The van der Waals surface area contributed by atoms with Crippen molar-refractivity contribution >= 4 is 24.0 Å². The highest BCUT2D eigenvalue weighted by atomic mass is 16.5. The molecule has 1 heterocycles. The Morgan fingerprint density at radius 1 is 1.31 bits per heavy atom. The molecule has 2 atom stereocenters. The number of fused-ring (bicyclic) bond motifs is 2. The summed E-state index contributed by atoms with van der Waals surface area (Å²) in [7, 11) is 3.05.